The van der Waals surface area contributed by atoms with Gasteiger partial charge < -0.3 is 24.8 Å². The normalized spacial score (nSPS) is 14.3. The van der Waals surface area contributed by atoms with Gasteiger partial charge in [0.1, 0.15) is 23.1 Å². The Kier molecular flexibility index (Phi) is 10.3. The van der Waals surface area contributed by atoms with Crippen LogP contribution in [0.4, 0.5) is 15.8 Å². The number of halogens is 1. The zero-order chi connectivity index (χ0) is 33.6. The number of nitrogens with two attached hydrogens (primary N) is 1. The van der Waals surface area contributed by atoms with Crippen LogP contribution in [0.5, 0.6) is 17.2 Å². The minimum absolute atomic E-state index is 0.134. The Morgan fingerprint density at radius 1 is 1.06 bits per heavy atom. The second-order valence-electron chi connectivity index (χ2n) is 11.4. The van der Waals surface area contributed by atoms with Gasteiger partial charge >= 0.3 is 0 Å². The number of rotatable bonds is 13. The fourth-order valence-electron chi connectivity index (χ4n) is 5.25. The Morgan fingerprint density at radius 3 is 2.49 bits per heavy atom. The Morgan fingerprint density at radius 2 is 1.83 bits per heavy atom. The number of primary amides is 1. The van der Waals surface area contributed by atoms with E-state index >= 15 is 4.39 Å². The molecular weight excluding hydrogens is 623 g/mol. The van der Waals surface area contributed by atoms with Crippen LogP contribution in [0.3, 0.4) is 0 Å². The first-order valence-electron chi connectivity index (χ1n) is 14.9. The van der Waals surface area contributed by atoms with Gasteiger partial charge in [-0.1, -0.05) is 24.3 Å². The van der Waals surface area contributed by atoms with Gasteiger partial charge in [0.05, 0.1) is 36.8 Å². The summed E-state index contributed by atoms with van der Waals surface area (Å²) in [5.74, 6) is -0.0613. The van der Waals surface area contributed by atoms with Gasteiger partial charge in [0.25, 0.3) is 0 Å². The predicted octanol–water partition coefficient (Wildman–Crippen LogP) is 5.89. The molecule has 1 heterocycles. The lowest BCUT2D eigenvalue weighted by Gasteiger charge is -2.28. The maximum absolute atomic E-state index is 15.7. The second kappa shape index (κ2) is 14.5. The summed E-state index contributed by atoms with van der Waals surface area (Å²) in [5, 5.41) is 9.21. The first-order valence-corrected chi connectivity index (χ1v) is 16.8. The number of nitrogens with zero attached hydrogens (tertiary/aromatic N) is 2. The Labute approximate surface area is 273 Å². The van der Waals surface area contributed by atoms with Crippen molar-refractivity contribution in [3.63, 3.8) is 0 Å². The molecule has 1 saturated heterocycles. The number of hydrogen-bond acceptors (Lipinski definition) is 8. The summed E-state index contributed by atoms with van der Waals surface area (Å²) < 4.78 is 59.5. The molecule has 4 aromatic rings. The average Bonchev–Trinajstić information content (AvgIpc) is 3.55. The highest BCUT2D eigenvalue weighted by Crippen LogP contribution is 2.33. The zero-order valence-corrected chi connectivity index (χ0v) is 26.8. The van der Waals surface area contributed by atoms with Gasteiger partial charge in [-0.15, -0.1) is 0 Å². The second-order valence-corrected chi connectivity index (χ2v) is 13.2. The van der Waals surface area contributed by atoms with E-state index in [9.17, 15) is 18.5 Å². The Hall–Kier alpha value is -5.12. The van der Waals surface area contributed by atoms with E-state index in [1.165, 1.54) is 12.1 Å². The third-order valence-corrected chi connectivity index (χ3v) is 8.28. The van der Waals surface area contributed by atoms with Gasteiger partial charge in [-0.25, -0.2) is 12.8 Å². The molecule has 1 unspecified atom stereocenters. The van der Waals surface area contributed by atoms with Crippen molar-refractivity contribution in [2.24, 2.45) is 11.7 Å². The molecule has 1 aliphatic rings. The van der Waals surface area contributed by atoms with Crippen LogP contribution in [0.2, 0.25) is 0 Å². The number of ether oxygens (including phenoxy) is 3. The minimum Gasteiger partial charge on any atom is -0.493 e. The number of nitrogens with one attached hydrogen (secondary N) is 1. The van der Waals surface area contributed by atoms with Crippen molar-refractivity contribution >= 4 is 27.3 Å². The van der Waals surface area contributed by atoms with Gasteiger partial charge in [-0.2, -0.15) is 5.26 Å². The van der Waals surface area contributed by atoms with Crippen molar-refractivity contribution in [2.75, 3.05) is 35.7 Å². The molecule has 0 saturated carbocycles. The lowest BCUT2D eigenvalue weighted by molar-refractivity contribution is 0.0999. The van der Waals surface area contributed by atoms with E-state index in [0.717, 1.165) is 18.2 Å². The number of anilines is 2. The van der Waals surface area contributed by atoms with Gasteiger partial charge in [-0.05, 0) is 66.9 Å². The van der Waals surface area contributed by atoms with Crippen molar-refractivity contribution in [3.05, 3.63) is 112 Å². The maximum Gasteiger partial charge on any atom is 0.248 e. The molecule has 0 aromatic heterocycles. The SMILES string of the molecule is Cc1c(NS(C)(=O)=O)cccc1N(Cc1ccc(C#N)cc1)Cc1ccc(Oc2cc(OCC3CCOC3)cc(C(N)=O)c2)cc1F. The van der Waals surface area contributed by atoms with E-state index in [0.29, 0.717) is 60.2 Å². The molecule has 47 heavy (non-hydrogen) atoms. The fraction of sp³-hybridized carbons (Fsp3) is 0.257. The summed E-state index contributed by atoms with van der Waals surface area (Å²) in [6.07, 6.45) is 1.97. The van der Waals surface area contributed by atoms with Crippen LogP contribution in [0, 0.1) is 30.0 Å². The number of hydrogen-bond donors (Lipinski definition) is 2. The van der Waals surface area contributed by atoms with Gasteiger partial charge in [0.2, 0.25) is 15.9 Å². The number of benzene rings is 4. The highest BCUT2D eigenvalue weighted by atomic mass is 32.2. The largest absolute Gasteiger partial charge is 0.493 e. The third-order valence-electron chi connectivity index (χ3n) is 7.69. The van der Waals surface area contributed by atoms with Crippen LogP contribution < -0.4 is 24.8 Å². The molecule has 0 spiro atoms. The number of amides is 1. The summed E-state index contributed by atoms with van der Waals surface area (Å²) in [6, 6.07) is 23.5. The summed E-state index contributed by atoms with van der Waals surface area (Å²) in [6.45, 7) is 3.98. The standard InChI is InChI=1S/C35H35FN4O6S/c1-23-33(39-47(2,42)43)4-3-5-34(23)40(19-25-8-6-24(18-37)7-9-25)20-27-10-11-29(17-32(27)36)46-31-15-28(35(38)41)14-30(16-31)45-22-26-12-13-44-21-26/h3-11,14-17,26,39H,12-13,19-22H2,1-2H3,(H2,38,41). The minimum atomic E-state index is -3.53. The van der Waals surface area contributed by atoms with Crippen molar-refractivity contribution in [2.45, 2.75) is 26.4 Å². The monoisotopic (exact) mass is 658 g/mol. The van der Waals surface area contributed by atoms with Crippen LogP contribution in [-0.4, -0.2) is 40.4 Å². The number of carbonyl (C=O) groups is 1. The van der Waals surface area contributed by atoms with Crippen molar-refractivity contribution in [1.82, 2.24) is 0 Å². The molecule has 1 amide bonds. The topological polar surface area (TPSA) is 144 Å². The van der Waals surface area contributed by atoms with Crippen LogP contribution in [0.15, 0.2) is 78.9 Å². The molecule has 10 nitrogen and oxygen atoms in total. The number of carbonyl (C=O) groups excluding carboxylic acids is 1. The van der Waals surface area contributed by atoms with E-state index in [-0.39, 0.29) is 29.5 Å². The van der Waals surface area contributed by atoms with Crippen LogP contribution in [0.25, 0.3) is 0 Å². The number of nitriles is 1. The molecule has 0 radical (unpaired) electrons. The maximum atomic E-state index is 15.7. The molecule has 244 valence electrons. The van der Waals surface area contributed by atoms with Crippen molar-refractivity contribution in [3.8, 4) is 23.3 Å². The molecule has 0 aliphatic carbocycles. The lowest BCUT2D eigenvalue weighted by atomic mass is 10.1. The quantitative estimate of drug-likeness (QED) is 0.181. The summed E-state index contributed by atoms with van der Waals surface area (Å²) in [4.78, 5) is 13.9. The highest BCUT2D eigenvalue weighted by molar-refractivity contribution is 7.92. The van der Waals surface area contributed by atoms with E-state index < -0.39 is 21.7 Å². The molecule has 1 atom stereocenters. The molecule has 3 N–H and O–H groups in total. The van der Waals surface area contributed by atoms with Gasteiger partial charge in [-0.3, -0.25) is 9.52 Å². The molecule has 4 aromatic carbocycles. The molecule has 1 fully saturated rings. The van der Waals surface area contributed by atoms with Crippen molar-refractivity contribution in [1.29, 1.82) is 5.26 Å². The Balaban J connectivity index is 1.40. The van der Waals surface area contributed by atoms with Crippen LogP contribution in [-0.2, 0) is 27.8 Å². The molecular formula is C35H35FN4O6S. The fourth-order valence-corrected chi connectivity index (χ4v) is 5.87. The summed E-state index contributed by atoms with van der Waals surface area (Å²) in [5.41, 5.74) is 9.26. The third kappa shape index (κ3) is 9.00. The number of sulfonamides is 1. The van der Waals surface area contributed by atoms with Gasteiger partial charge in [0, 0.05) is 54.6 Å². The van der Waals surface area contributed by atoms with Crippen LogP contribution in [0.1, 0.15) is 39.0 Å². The van der Waals surface area contributed by atoms with E-state index in [1.807, 2.05) is 23.1 Å². The molecule has 1 aliphatic heterocycles. The van der Waals surface area contributed by atoms with Crippen molar-refractivity contribution < 1.29 is 31.8 Å². The van der Waals surface area contributed by atoms with Crippen LogP contribution >= 0.6 is 0 Å². The summed E-state index contributed by atoms with van der Waals surface area (Å²) in [7, 11) is -3.53. The van der Waals surface area contributed by atoms with Gasteiger partial charge in [0.15, 0.2) is 0 Å². The zero-order valence-electron chi connectivity index (χ0n) is 26.0. The average molecular weight is 659 g/mol. The molecule has 12 heteroatoms. The first-order chi connectivity index (χ1) is 22.5. The first kappa shape index (κ1) is 33.2. The summed E-state index contributed by atoms with van der Waals surface area (Å²) >= 11 is 0. The molecule has 0 bridgehead atoms. The molecule has 5 rings (SSSR count). The smallest absolute Gasteiger partial charge is 0.248 e. The van der Waals surface area contributed by atoms with E-state index in [2.05, 4.69) is 10.8 Å². The predicted molar refractivity (Wildman–Crippen MR) is 177 cm³/mol. The van der Waals surface area contributed by atoms with E-state index in [4.69, 9.17) is 19.9 Å². The van der Waals surface area contributed by atoms with E-state index in [1.54, 1.807) is 55.5 Å². The lowest BCUT2D eigenvalue weighted by Crippen LogP contribution is -2.24. The Bertz CT molecular complexity index is 1900. The highest BCUT2D eigenvalue weighted by Gasteiger charge is 2.19.